The van der Waals surface area contributed by atoms with Crippen molar-refractivity contribution in [2.24, 2.45) is 10.8 Å². The average Bonchev–Trinajstić information content (AvgIpc) is 2.50. The third kappa shape index (κ3) is 6.23. The van der Waals surface area contributed by atoms with Crippen molar-refractivity contribution in [2.45, 2.75) is 81.1 Å². The summed E-state index contributed by atoms with van der Waals surface area (Å²) in [5.41, 5.74) is 7.56. The number of hydrogen-bond acceptors (Lipinski definition) is 2. The molecule has 142 valence electrons. The van der Waals surface area contributed by atoms with Gasteiger partial charge in [-0.2, -0.15) is 0 Å². The van der Waals surface area contributed by atoms with E-state index in [2.05, 4.69) is 79.7 Å². The van der Waals surface area contributed by atoms with Crippen LogP contribution in [-0.4, -0.2) is 9.97 Å². The van der Waals surface area contributed by atoms with Crippen LogP contribution in [0.4, 0.5) is 0 Å². The van der Waals surface area contributed by atoms with Gasteiger partial charge < -0.3 is 0 Å². The van der Waals surface area contributed by atoms with Crippen molar-refractivity contribution in [3.8, 4) is 11.4 Å². The molecule has 2 aromatic rings. The number of nitrogens with zero attached hydrogens (tertiary/aromatic N) is 2. The van der Waals surface area contributed by atoms with Gasteiger partial charge in [0.25, 0.3) is 0 Å². The lowest BCUT2D eigenvalue weighted by Crippen LogP contribution is -2.10. The van der Waals surface area contributed by atoms with E-state index in [9.17, 15) is 0 Å². The lowest BCUT2D eigenvalue weighted by molar-refractivity contribution is 0.377. The number of aryl methyl sites for hydroxylation is 4. The van der Waals surface area contributed by atoms with Crippen LogP contribution in [0.5, 0.6) is 0 Å². The topological polar surface area (TPSA) is 25.8 Å². The standard InChI is InChI=1S/C24H36N2/c1-17-9-11-19(13-15-23(3,4)5)21(25-17)22-20(12-10-18(2)26-22)14-16-24(6,7)8/h9-12H,13-16H2,1-8H3. The van der Waals surface area contributed by atoms with Crippen LogP contribution >= 0.6 is 0 Å². The third-order valence-corrected chi connectivity index (χ3v) is 4.75. The molecule has 2 heteroatoms. The molecule has 2 aromatic heterocycles. The van der Waals surface area contributed by atoms with E-state index in [1.807, 2.05) is 0 Å². The lowest BCUT2D eigenvalue weighted by atomic mass is 9.86. The van der Waals surface area contributed by atoms with Crippen molar-refractivity contribution in [1.82, 2.24) is 9.97 Å². The van der Waals surface area contributed by atoms with Crippen molar-refractivity contribution in [1.29, 1.82) is 0 Å². The summed E-state index contributed by atoms with van der Waals surface area (Å²) in [5, 5.41) is 0. The number of aromatic nitrogens is 2. The molecular formula is C24H36N2. The minimum absolute atomic E-state index is 0.317. The van der Waals surface area contributed by atoms with Crippen LogP contribution < -0.4 is 0 Å². The van der Waals surface area contributed by atoms with Gasteiger partial charge >= 0.3 is 0 Å². The fraction of sp³-hybridized carbons (Fsp3) is 0.583. The minimum atomic E-state index is 0.317. The van der Waals surface area contributed by atoms with Gasteiger partial charge in [-0.15, -0.1) is 0 Å². The van der Waals surface area contributed by atoms with Crippen LogP contribution in [0.2, 0.25) is 0 Å². The first kappa shape index (κ1) is 20.6. The van der Waals surface area contributed by atoms with Crippen LogP contribution in [0.25, 0.3) is 11.4 Å². The van der Waals surface area contributed by atoms with Crippen molar-refractivity contribution < 1.29 is 0 Å². The summed E-state index contributed by atoms with van der Waals surface area (Å²) in [5.74, 6) is 0. The van der Waals surface area contributed by atoms with Gasteiger partial charge in [-0.3, -0.25) is 9.97 Å². The maximum atomic E-state index is 4.93. The summed E-state index contributed by atoms with van der Waals surface area (Å²) >= 11 is 0. The van der Waals surface area contributed by atoms with Gasteiger partial charge in [0.15, 0.2) is 0 Å². The molecule has 0 fully saturated rings. The van der Waals surface area contributed by atoms with Gasteiger partial charge in [0.1, 0.15) is 0 Å². The Hall–Kier alpha value is -1.70. The third-order valence-electron chi connectivity index (χ3n) is 4.75. The van der Waals surface area contributed by atoms with Gasteiger partial charge in [0.05, 0.1) is 11.4 Å². The summed E-state index contributed by atoms with van der Waals surface area (Å²) in [7, 11) is 0. The second-order valence-corrected chi connectivity index (χ2v) is 10.0. The Kier molecular flexibility index (Phi) is 6.26. The Morgan fingerprint density at radius 1 is 0.615 bits per heavy atom. The molecule has 0 bridgehead atoms. The molecule has 0 radical (unpaired) electrons. The number of pyridine rings is 2. The Morgan fingerprint density at radius 2 is 0.962 bits per heavy atom. The molecule has 0 N–H and O–H groups in total. The van der Waals surface area contributed by atoms with Gasteiger partial charge in [-0.1, -0.05) is 53.7 Å². The molecule has 2 heterocycles. The highest BCUT2D eigenvalue weighted by Gasteiger charge is 2.18. The molecule has 0 unspecified atom stereocenters. The zero-order chi connectivity index (χ0) is 19.5. The van der Waals surface area contributed by atoms with Crippen molar-refractivity contribution in [3.05, 3.63) is 46.8 Å². The summed E-state index contributed by atoms with van der Waals surface area (Å²) in [6.45, 7) is 17.9. The maximum Gasteiger partial charge on any atom is 0.0924 e. The quantitative estimate of drug-likeness (QED) is 0.597. The average molecular weight is 353 g/mol. The molecule has 26 heavy (non-hydrogen) atoms. The van der Waals surface area contributed by atoms with Crippen LogP contribution in [0.3, 0.4) is 0 Å². The highest BCUT2D eigenvalue weighted by Crippen LogP contribution is 2.31. The molecule has 0 amide bonds. The van der Waals surface area contributed by atoms with E-state index in [1.54, 1.807) is 0 Å². The first-order valence-electron chi connectivity index (χ1n) is 9.88. The van der Waals surface area contributed by atoms with E-state index in [-0.39, 0.29) is 0 Å². The molecule has 0 atom stereocenters. The monoisotopic (exact) mass is 352 g/mol. The van der Waals surface area contributed by atoms with E-state index in [0.29, 0.717) is 10.8 Å². The molecule has 0 aliphatic rings. The predicted octanol–water partition coefficient (Wildman–Crippen LogP) is 6.72. The molecule has 0 aromatic carbocycles. The van der Waals surface area contributed by atoms with Crippen LogP contribution in [0.15, 0.2) is 24.3 Å². The largest absolute Gasteiger partial charge is 0.251 e. The second kappa shape index (κ2) is 7.90. The molecule has 2 nitrogen and oxygen atoms in total. The van der Waals surface area contributed by atoms with Crippen molar-refractivity contribution >= 4 is 0 Å². The maximum absolute atomic E-state index is 4.93. The highest BCUT2D eigenvalue weighted by atomic mass is 14.8. The van der Waals surface area contributed by atoms with Crippen molar-refractivity contribution in [3.63, 3.8) is 0 Å². The molecule has 0 saturated carbocycles. The Balaban J connectivity index is 2.46. The number of rotatable bonds is 5. The van der Waals surface area contributed by atoms with Gasteiger partial charge in [-0.05, 0) is 73.6 Å². The van der Waals surface area contributed by atoms with E-state index in [1.165, 1.54) is 11.1 Å². The van der Waals surface area contributed by atoms with E-state index >= 15 is 0 Å². The van der Waals surface area contributed by atoms with Gasteiger partial charge in [0, 0.05) is 11.4 Å². The van der Waals surface area contributed by atoms with Crippen LogP contribution in [0, 0.1) is 24.7 Å². The van der Waals surface area contributed by atoms with Crippen LogP contribution in [0.1, 0.15) is 76.9 Å². The zero-order valence-electron chi connectivity index (χ0n) is 18.0. The predicted molar refractivity (Wildman–Crippen MR) is 112 cm³/mol. The second-order valence-electron chi connectivity index (χ2n) is 10.0. The molecule has 0 spiro atoms. The normalized spacial score (nSPS) is 12.5. The fourth-order valence-corrected chi connectivity index (χ4v) is 3.00. The first-order chi connectivity index (χ1) is 11.9. The SMILES string of the molecule is Cc1ccc(CCC(C)(C)C)c(-c2nc(C)ccc2CCC(C)(C)C)n1. The first-order valence-corrected chi connectivity index (χ1v) is 9.88. The number of hydrogen-bond donors (Lipinski definition) is 0. The molecule has 0 saturated heterocycles. The van der Waals surface area contributed by atoms with Gasteiger partial charge in [0.2, 0.25) is 0 Å². The molecular weight excluding hydrogens is 316 g/mol. The summed E-state index contributed by atoms with van der Waals surface area (Å²) < 4.78 is 0. The summed E-state index contributed by atoms with van der Waals surface area (Å²) in [6.07, 6.45) is 4.38. The molecule has 0 aliphatic carbocycles. The van der Waals surface area contributed by atoms with E-state index in [4.69, 9.17) is 9.97 Å². The van der Waals surface area contributed by atoms with E-state index in [0.717, 1.165) is 48.5 Å². The van der Waals surface area contributed by atoms with Gasteiger partial charge in [-0.25, -0.2) is 0 Å². The lowest BCUT2D eigenvalue weighted by Gasteiger charge is -2.21. The van der Waals surface area contributed by atoms with Crippen molar-refractivity contribution in [2.75, 3.05) is 0 Å². The summed E-state index contributed by atoms with van der Waals surface area (Å²) in [6, 6.07) is 8.76. The Morgan fingerprint density at radius 3 is 1.27 bits per heavy atom. The van der Waals surface area contributed by atoms with E-state index < -0.39 is 0 Å². The fourth-order valence-electron chi connectivity index (χ4n) is 3.00. The highest BCUT2D eigenvalue weighted by molar-refractivity contribution is 5.63. The minimum Gasteiger partial charge on any atom is -0.251 e. The zero-order valence-corrected chi connectivity index (χ0v) is 18.0. The van der Waals surface area contributed by atoms with Crippen LogP contribution in [-0.2, 0) is 12.8 Å². The smallest absolute Gasteiger partial charge is 0.0924 e. The Bertz CT molecular complexity index is 680. The Labute approximate surface area is 160 Å². The summed E-state index contributed by atoms with van der Waals surface area (Å²) in [4.78, 5) is 9.86. The molecule has 2 rings (SSSR count). The molecule has 0 aliphatic heterocycles.